The fourth-order valence-corrected chi connectivity index (χ4v) is 3.07. The summed E-state index contributed by atoms with van der Waals surface area (Å²) in [6.07, 6.45) is 3.14. The summed E-state index contributed by atoms with van der Waals surface area (Å²) in [6, 6.07) is 12.3. The third-order valence-corrected chi connectivity index (χ3v) is 4.42. The van der Waals surface area contributed by atoms with E-state index in [1.165, 1.54) is 13.2 Å². The summed E-state index contributed by atoms with van der Waals surface area (Å²) >= 11 is 2.11. The molecule has 28 heavy (non-hydrogen) atoms. The molecule has 0 saturated heterocycles. The van der Waals surface area contributed by atoms with Crippen molar-refractivity contribution in [1.82, 2.24) is 0 Å². The van der Waals surface area contributed by atoms with Gasteiger partial charge in [-0.2, -0.15) is 5.26 Å². The maximum absolute atomic E-state index is 12.4. The number of hydrogen-bond acceptors (Lipinski definition) is 5. The molecular weight excluding hydrogens is 471 g/mol. The normalized spacial score (nSPS) is 10.6. The quantitative estimate of drug-likeness (QED) is 0.257. The number of carbonyl (C=O) groups excluding carboxylic acids is 1. The lowest BCUT2D eigenvalue weighted by atomic mass is 10.1. The van der Waals surface area contributed by atoms with E-state index in [0.29, 0.717) is 35.1 Å². The number of methoxy groups -OCH3 is 2. The van der Waals surface area contributed by atoms with Gasteiger partial charge in [-0.1, -0.05) is 12.7 Å². The number of carbonyl (C=O) groups is 1. The van der Waals surface area contributed by atoms with Crippen LogP contribution in [-0.2, 0) is 4.79 Å². The zero-order chi connectivity index (χ0) is 20.5. The highest BCUT2D eigenvalue weighted by Gasteiger charge is 2.14. The molecule has 0 radical (unpaired) electrons. The van der Waals surface area contributed by atoms with Crippen molar-refractivity contribution < 1.29 is 19.0 Å². The van der Waals surface area contributed by atoms with Gasteiger partial charge in [0.25, 0.3) is 5.91 Å². The highest BCUT2D eigenvalue weighted by Crippen LogP contribution is 2.34. The zero-order valence-corrected chi connectivity index (χ0v) is 17.6. The van der Waals surface area contributed by atoms with Crippen LogP contribution in [0.4, 0.5) is 5.69 Å². The first kappa shape index (κ1) is 21.3. The highest BCUT2D eigenvalue weighted by molar-refractivity contribution is 14.1. The van der Waals surface area contributed by atoms with Crippen molar-refractivity contribution in [3.05, 3.63) is 63.8 Å². The molecule has 1 amide bonds. The number of rotatable bonds is 8. The molecule has 0 spiro atoms. The SMILES string of the molecule is C=CCOc1c(I)cc(/C=C(/C#N)C(=O)Nc2ccc(OC)cc2)cc1OC. The Morgan fingerprint density at radius 3 is 2.54 bits per heavy atom. The molecule has 0 saturated carbocycles. The first-order chi connectivity index (χ1) is 13.5. The molecule has 2 rings (SSSR count). The summed E-state index contributed by atoms with van der Waals surface area (Å²) in [7, 11) is 3.09. The maximum Gasteiger partial charge on any atom is 0.266 e. The van der Waals surface area contributed by atoms with Gasteiger partial charge in [-0.25, -0.2) is 0 Å². The van der Waals surface area contributed by atoms with Gasteiger partial charge in [0.1, 0.15) is 24.0 Å². The molecule has 0 aliphatic rings. The summed E-state index contributed by atoms with van der Waals surface area (Å²) in [6.45, 7) is 3.97. The maximum atomic E-state index is 12.4. The second-order valence-corrected chi connectivity index (χ2v) is 6.65. The van der Waals surface area contributed by atoms with Gasteiger partial charge in [0.2, 0.25) is 0 Å². The van der Waals surface area contributed by atoms with Crippen LogP contribution in [0.5, 0.6) is 17.2 Å². The molecule has 0 aliphatic heterocycles. The largest absolute Gasteiger partial charge is 0.497 e. The van der Waals surface area contributed by atoms with Crippen LogP contribution in [-0.4, -0.2) is 26.7 Å². The molecule has 0 unspecified atom stereocenters. The van der Waals surface area contributed by atoms with E-state index in [2.05, 4.69) is 34.5 Å². The van der Waals surface area contributed by atoms with Gasteiger partial charge in [0, 0.05) is 5.69 Å². The molecule has 0 aromatic heterocycles. The summed E-state index contributed by atoms with van der Waals surface area (Å²) < 4.78 is 16.9. The predicted molar refractivity (Wildman–Crippen MR) is 117 cm³/mol. The van der Waals surface area contributed by atoms with Gasteiger partial charge in [-0.15, -0.1) is 0 Å². The number of ether oxygens (including phenoxy) is 3. The third kappa shape index (κ3) is 5.50. The van der Waals surface area contributed by atoms with Crippen molar-refractivity contribution in [2.75, 3.05) is 26.1 Å². The van der Waals surface area contributed by atoms with E-state index in [-0.39, 0.29) is 5.57 Å². The Labute approximate surface area is 177 Å². The average molecular weight is 490 g/mol. The van der Waals surface area contributed by atoms with Gasteiger partial charge in [0.05, 0.1) is 17.8 Å². The van der Waals surface area contributed by atoms with E-state index >= 15 is 0 Å². The molecule has 0 fully saturated rings. The van der Waals surface area contributed by atoms with E-state index in [1.807, 2.05) is 6.07 Å². The van der Waals surface area contributed by atoms with Gasteiger partial charge in [0.15, 0.2) is 11.5 Å². The fraction of sp³-hybridized carbons (Fsp3) is 0.143. The molecule has 0 atom stereocenters. The lowest BCUT2D eigenvalue weighted by molar-refractivity contribution is -0.112. The molecule has 2 aromatic carbocycles. The average Bonchev–Trinajstić information content (AvgIpc) is 2.71. The molecule has 7 heteroatoms. The van der Waals surface area contributed by atoms with E-state index in [0.717, 1.165) is 3.57 Å². The van der Waals surface area contributed by atoms with Crippen molar-refractivity contribution in [1.29, 1.82) is 5.26 Å². The van der Waals surface area contributed by atoms with Crippen LogP contribution < -0.4 is 19.5 Å². The molecule has 0 aliphatic carbocycles. The monoisotopic (exact) mass is 490 g/mol. The smallest absolute Gasteiger partial charge is 0.266 e. The Balaban J connectivity index is 2.27. The van der Waals surface area contributed by atoms with Crippen LogP contribution in [0.2, 0.25) is 0 Å². The molecule has 1 N–H and O–H groups in total. The Morgan fingerprint density at radius 2 is 1.96 bits per heavy atom. The van der Waals surface area contributed by atoms with Crippen LogP contribution in [0.3, 0.4) is 0 Å². The van der Waals surface area contributed by atoms with Crippen LogP contribution in [0.1, 0.15) is 5.56 Å². The van der Waals surface area contributed by atoms with Gasteiger partial charge >= 0.3 is 0 Å². The summed E-state index contributed by atoms with van der Waals surface area (Å²) in [5.41, 5.74) is 1.18. The third-order valence-electron chi connectivity index (χ3n) is 3.62. The van der Waals surface area contributed by atoms with Crippen molar-refractivity contribution >= 4 is 40.3 Å². The first-order valence-corrected chi connectivity index (χ1v) is 9.28. The van der Waals surface area contributed by atoms with Crippen LogP contribution >= 0.6 is 22.6 Å². The molecule has 0 heterocycles. The van der Waals surface area contributed by atoms with Crippen LogP contribution in [0, 0.1) is 14.9 Å². The minimum atomic E-state index is -0.506. The predicted octanol–water partition coefficient (Wildman–Crippen LogP) is 4.42. The molecule has 144 valence electrons. The number of benzene rings is 2. The minimum Gasteiger partial charge on any atom is -0.497 e. The second-order valence-electron chi connectivity index (χ2n) is 5.49. The topological polar surface area (TPSA) is 80.6 Å². The number of nitriles is 1. The summed E-state index contributed by atoms with van der Waals surface area (Å²) in [5.74, 6) is 1.26. The van der Waals surface area contributed by atoms with Crippen LogP contribution in [0.15, 0.2) is 54.6 Å². The number of halogens is 1. The Hall–Kier alpha value is -2.99. The van der Waals surface area contributed by atoms with Gasteiger partial charge in [-0.3, -0.25) is 4.79 Å². The summed E-state index contributed by atoms with van der Waals surface area (Å²) in [5, 5.41) is 12.1. The Morgan fingerprint density at radius 1 is 1.25 bits per heavy atom. The minimum absolute atomic E-state index is 0.0339. The zero-order valence-electron chi connectivity index (χ0n) is 15.5. The van der Waals surface area contributed by atoms with Crippen molar-refractivity contribution in [2.45, 2.75) is 0 Å². The fourth-order valence-electron chi connectivity index (χ4n) is 2.29. The molecule has 0 bridgehead atoms. The molecule has 6 nitrogen and oxygen atoms in total. The number of amides is 1. The van der Waals surface area contributed by atoms with E-state index in [1.54, 1.807) is 49.6 Å². The highest BCUT2D eigenvalue weighted by atomic mass is 127. The van der Waals surface area contributed by atoms with Crippen LogP contribution in [0.25, 0.3) is 6.08 Å². The van der Waals surface area contributed by atoms with E-state index < -0.39 is 5.91 Å². The van der Waals surface area contributed by atoms with Crippen molar-refractivity contribution in [3.63, 3.8) is 0 Å². The number of anilines is 1. The van der Waals surface area contributed by atoms with Gasteiger partial charge in [-0.05, 0) is 70.6 Å². The molecular formula is C21H19IN2O4. The summed E-state index contributed by atoms with van der Waals surface area (Å²) in [4.78, 5) is 12.4. The van der Waals surface area contributed by atoms with E-state index in [9.17, 15) is 10.1 Å². The standard InChI is InChI=1S/C21H19IN2O4/c1-4-9-28-20-18(22)11-14(12-19(20)27-3)10-15(13-23)21(25)24-16-5-7-17(26-2)8-6-16/h4-8,10-12H,1,9H2,2-3H3,(H,24,25)/b15-10-. The van der Waals surface area contributed by atoms with Gasteiger partial charge < -0.3 is 19.5 Å². The number of nitrogens with one attached hydrogen (secondary N) is 1. The van der Waals surface area contributed by atoms with E-state index in [4.69, 9.17) is 14.2 Å². The Bertz CT molecular complexity index is 931. The lowest BCUT2D eigenvalue weighted by Gasteiger charge is -2.12. The second kappa shape index (κ2) is 10.4. The number of nitrogens with zero attached hydrogens (tertiary/aromatic N) is 1. The first-order valence-electron chi connectivity index (χ1n) is 8.20. The molecule has 2 aromatic rings. The van der Waals surface area contributed by atoms with Crippen molar-refractivity contribution in [3.8, 4) is 23.3 Å². The Kier molecular flexibility index (Phi) is 7.89. The number of hydrogen-bond donors (Lipinski definition) is 1. The lowest BCUT2D eigenvalue weighted by Crippen LogP contribution is -2.13. The van der Waals surface area contributed by atoms with Crippen molar-refractivity contribution in [2.24, 2.45) is 0 Å².